The minimum atomic E-state index is -0.126. The van der Waals surface area contributed by atoms with Crippen LogP contribution in [0.15, 0.2) is 60.7 Å². The molecule has 4 nitrogen and oxygen atoms in total. The van der Waals surface area contributed by atoms with E-state index in [1.54, 1.807) is 12.1 Å². The third-order valence-corrected chi connectivity index (χ3v) is 4.66. The first kappa shape index (κ1) is 20.2. The van der Waals surface area contributed by atoms with E-state index in [2.05, 4.69) is 5.32 Å². The van der Waals surface area contributed by atoms with Gasteiger partial charge in [0.05, 0.1) is 16.7 Å². The molecule has 0 heterocycles. The van der Waals surface area contributed by atoms with Crippen LogP contribution in [0.5, 0.6) is 17.2 Å². The average molecular weight is 418 g/mol. The molecule has 0 aromatic heterocycles. The van der Waals surface area contributed by atoms with Crippen molar-refractivity contribution in [1.82, 2.24) is 0 Å². The average Bonchev–Trinajstić information content (AvgIpc) is 2.70. The molecule has 6 heteroatoms. The Hall–Kier alpha value is -2.56. The summed E-state index contributed by atoms with van der Waals surface area (Å²) in [4.78, 5) is 0. The first-order chi connectivity index (χ1) is 13.6. The summed E-state index contributed by atoms with van der Waals surface area (Å²) in [6.07, 6.45) is 0. The molecule has 0 radical (unpaired) electrons. The molecule has 0 unspecified atom stereocenters. The van der Waals surface area contributed by atoms with E-state index >= 15 is 0 Å². The van der Waals surface area contributed by atoms with E-state index in [-0.39, 0.29) is 15.8 Å². The van der Waals surface area contributed by atoms with Crippen molar-refractivity contribution in [3.05, 3.63) is 81.8 Å². The number of benzene rings is 3. The van der Waals surface area contributed by atoms with E-state index < -0.39 is 0 Å². The van der Waals surface area contributed by atoms with Crippen LogP contribution in [0.1, 0.15) is 18.1 Å². The summed E-state index contributed by atoms with van der Waals surface area (Å²) in [6.45, 7) is 3.39. The van der Waals surface area contributed by atoms with Crippen LogP contribution >= 0.6 is 23.2 Å². The van der Waals surface area contributed by atoms with E-state index in [1.165, 1.54) is 0 Å². The third-order valence-electron chi connectivity index (χ3n) is 4.09. The number of ether oxygens (including phenoxy) is 2. The van der Waals surface area contributed by atoms with Gasteiger partial charge in [-0.2, -0.15) is 0 Å². The van der Waals surface area contributed by atoms with Gasteiger partial charge in [0.1, 0.15) is 6.61 Å². The molecule has 0 aliphatic carbocycles. The van der Waals surface area contributed by atoms with Crippen LogP contribution in [0.25, 0.3) is 0 Å². The van der Waals surface area contributed by atoms with Crippen LogP contribution < -0.4 is 14.8 Å². The largest absolute Gasteiger partial charge is 0.505 e. The Morgan fingerprint density at radius 2 is 1.64 bits per heavy atom. The number of hydrogen-bond donors (Lipinski definition) is 2. The monoisotopic (exact) mass is 417 g/mol. The fourth-order valence-electron chi connectivity index (χ4n) is 2.73. The third kappa shape index (κ3) is 5.03. The fraction of sp³-hybridized carbons (Fsp3) is 0.182. The molecule has 0 atom stereocenters. The van der Waals surface area contributed by atoms with Crippen LogP contribution in [0.4, 0.5) is 5.69 Å². The smallest absolute Gasteiger partial charge is 0.166 e. The predicted molar refractivity (Wildman–Crippen MR) is 114 cm³/mol. The van der Waals surface area contributed by atoms with E-state index in [4.69, 9.17) is 32.7 Å². The van der Waals surface area contributed by atoms with Gasteiger partial charge in [-0.3, -0.25) is 0 Å². The van der Waals surface area contributed by atoms with Gasteiger partial charge < -0.3 is 19.9 Å². The number of halogens is 2. The topological polar surface area (TPSA) is 50.7 Å². The van der Waals surface area contributed by atoms with Crippen LogP contribution in [0.3, 0.4) is 0 Å². The summed E-state index contributed by atoms with van der Waals surface area (Å²) in [5.74, 6) is 1.26. The van der Waals surface area contributed by atoms with Gasteiger partial charge in [0.15, 0.2) is 17.2 Å². The standard InChI is InChI=1S/C22H21Cl2NO3/c1-2-27-20-10-6-9-16(22(20)28-14-15-7-4-3-5-8-15)13-25-17-11-18(23)21(26)19(24)12-17/h3-12,25-26H,2,13-14H2,1H3. The maximum atomic E-state index is 9.71. The van der Waals surface area contributed by atoms with Gasteiger partial charge in [-0.25, -0.2) is 0 Å². The van der Waals surface area contributed by atoms with Crippen LogP contribution in [-0.2, 0) is 13.2 Å². The highest BCUT2D eigenvalue weighted by molar-refractivity contribution is 6.37. The molecule has 0 saturated carbocycles. The summed E-state index contributed by atoms with van der Waals surface area (Å²) in [6, 6.07) is 19.0. The van der Waals surface area contributed by atoms with Gasteiger partial charge in [-0.15, -0.1) is 0 Å². The minimum absolute atomic E-state index is 0.126. The van der Waals surface area contributed by atoms with E-state index in [1.807, 2.05) is 55.5 Å². The fourth-order valence-corrected chi connectivity index (χ4v) is 3.22. The molecule has 0 saturated heterocycles. The quantitative estimate of drug-likeness (QED) is 0.422. The second-order valence-corrected chi connectivity index (χ2v) is 6.91. The van der Waals surface area contributed by atoms with Crippen molar-refractivity contribution < 1.29 is 14.6 Å². The maximum Gasteiger partial charge on any atom is 0.166 e. The molecule has 3 aromatic rings. The highest BCUT2D eigenvalue weighted by Crippen LogP contribution is 2.36. The van der Waals surface area contributed by atoms with Crippen molar-refractivity contribution in [2.24, 2.45) is 0 Å². The minimum Gasteiger partial charge on any atom is -0.505 e. The molecule has 0 bridgehead atoms. The van der Waals surface area contributed by atoms with Crippen molar-refractivity contribution in [2.45, 2.75) is 20.1 Å². The first-order valence-electron chi connectivity index (χ1n) is 8.91. The summed E-state index contributed by atoms with van der Waals surface area (Å²) in [7, 11) is 0. The molecule has 0 fully saturated rings. The molecule has 146 valence electrons. The molecule has 2 N–H and O–H groups in total. The van der Waals surface area contributed by atoms with Gasteiger partial charge in [0.25, 0.3) is 0 Å². The molecular weight excluding hydrogens is 397 g/mol. The number of hydrogen-bond acceptors (Lipinski definition) is 4. The van der Waals surface area contributed by atoms with Gasteiger partial charge in [0, 0.05) is 17.8 Å². The van der Waals surface area contributed by atoms with Crippen LogP contribution in [-0.4, -0.2) is 11.7 Å². The van der Waals surface area contributed by atoms with Crippen molar-refractivity contribution in [1.29, 1.82) is 0 Å². The second-order valence-electron chi connectivity index (χ2n) is 6.09. The van der Waals surface area contributed by atoms with Crippen LogP contribution in [0.2, 0.25) is 10.0 Å². The number of nitrogens with one attached hydrogen (secondary N) is 1. The lowest BCUT2D eigenvalue weighted by molar-refractivity contribution is 0.267. The Labute approximate surface area is 174 Å². The lowest BCUT2D eigenvalue weighted by Gasteiger charge is -2.17. The van der Waals surface area contributed by atoms with Crippen molar-refractivity contribution in [3.8, 4) is 17.2 Å². The van der Waals surface area contributed by atoms with Crippen LogP contribution in [0, 0.1) is 0 Å². The number of anilines is 1. The summed E-state index contributed by atoms with van der Waals surface area (Å²) in [5.41, 5.74) is 2.70. The summed E-state index contributed by atoms with van der Waals surface area (Å²) < 4.78 is 11.8. The van der Waals surface area contributed by atoms with E-state index in [9.17, 15) is 5.11 Å². The predicted octanol–water partition coefficient (Wildman–Crippen LogP) is 6.29. The Kier molecular flexibility index (Phi) is 6.90. The Morgan fingerprint density at radius 3 is 2.32 bits per heavy atom. The molecule has 0 amide bonds. The Morgan fingerprint density at radius 1 is 0.929 bits per heavy atom. The SMILES string of the molecule is CCOc1cccc(CNc2cc(Cl)c(O)c(Cl)c2)c1OCc1ccccc1. The molecular formula is C22H21Cl2NO3. The lowest BCUT2D eigenvalue weighted by atomic mass is 10.1. The first-order valence-corrected chi connectivity index (χ1v) is 9.67. The molecule has 28 heavy (non-hydrogen) atoms. The van der Waals surface area contributed by atoms with Gasteiger partial charge in [0.2, 0.25) is 0 Å². The summed E-state index contributed by atoms with van der Waals surface area (Å²) in [5, 5.41) is 13.4. The molecule has 0 aliphatic heterocycles. The van der Waals surface area contributed by atoms with Gasteiger partial charge in [-0.05, 0) is 30.7 Å². The lowest BCUT2D eigenvalue weighted by Crippen LogP contribution is -2.06. The summed E-state index contributed by atoms with van der Waals surface area (Å²) >= 11 is 12.0. The molecule has 0 aliphatic rings. The number of rotatable bonds is 8. The van der Waals surface area contributed by atoms with Crippen molar-refractivity contribution in [3.63, 3.8) is 0 Å². The van der Waals surface area contributed by atoms with E-state index in [0.717, 1.165) is 11.1 Å². The second kappa shape index (κ2) is 9.58. The highest BCUT2D eigenvalue weighted by Gasteiger charge is 2.13. The normalized spacial score (nSPS) is 10.5. The van der Waals surface area contributed by atoms with Gasteiger partial charge in [-0.1, -0.05) is 65.7 Å². The highest BCUT2D eigenvalue weighted by atomic mass is 35.5. The van der Waals surface area contributed by atoms with Crippen molar-refractivity contribution >= 4 is 28.9 Å². The number of phenolic OH excluding ortho intramolecular Hbond substituents is 1. The zero-order chi connectivity index (χ0) is 19.9. The molecule has 0 spiro atoms. The molecule has 3 aromatic carbocycles. The zero-order valence-electron chi connectivity index (χ0n) is 15.4. The number of aromatic hydroxyl groups is 1. The van der Waals surface area contributed by atoms with E-state index in [0.29, 0.717) is 36.9 Å². The van der Waals surface area contributed by atoms with Gasteiger partial charge >= 0.3 is 0 Å². The number of phenols is 1. The van der Waals surface area contributed by atoms with Crippen molar-refractivity contribution in [2.75, 3.05) is 11.9 Å². The zero-order valence-corrected chi connectivity index (χ0v) is 16.9. The Bertz CT molecular complexity index is 909. The number of para-hydroxylation sites is 1. The maximum absolute atomic E-state index is 9.71. The molecule has 3 rings (SSSR count). The Balaban J connectivity index is 1.80.